The van der Waals surface area contributed by atoms with Crippen LogP contribution in [0.25, 0.3) is 11.3 Å². The number of ether oxygens (including phenoxy) is 1. The Hall–Kier alpha value is -1.84. The van der Waals surface area contributed by atoms with E-state index in [1.165, 1.54) is 25.4 Å². The molecule has 1 aromatic heterocycles. The van der Waals surface area contributed by atoms with Crippen molar-refractivity contribution in [3.8, 4) is 17.4 Å². The second-order valence-corrected chi connectivity index (χ2v) is 2.70. The van der Waals surface area contributed by atoms with Crippen molar-refractivity contribution in [2.45, 2.75) is 0 Å². The maximum absolute atomic E-state index is 12.6. The highest BCUT2D eigenvalue weighted by atomic mass is 19.1. The summed E-state index contributed by atoms with van der Waals surface area (Å²) >= 11 is 0. The smallest absolute Gasteiger partial charge is 0.393 e. The summed E-state index contributed by atoms with van der Waals surface area (Å²) in [6.45, 7) is 0. The van der Waals surface area contributed by atoms with Crippen molar-refractivity contribution in [2.24, 2.45) is 0 Å². The Morgan fingerprint density at radius 3 is 2.57 bits per heavy atom. The lowest BCUT2D eigenvalue weighted by Gasteiger charge is -1.94. The van der Waals surface area contributed by atoms with E-state index in [0.717, 1.165) is 5.56 Å². The zero-order chi connectivity index (χ0) is 9.97. The number of nitrogens with zero attached hydrogens (tertiary/aromatic N) is 1. The Morgan fingerprint density at radius 1 is 1.29 bits per heavy atom. The van der Waals surface area contributed by atoms with Crippen LogP contribution in [0.5, 0.6) is 6.08 Å². The molecule has 0 N–H and O–H groups in total. The van der Waals surface area contributed by atoms with Gasteiger partial charge in [0.05, 0.1) is 13.3 Å². The molecule has 1 heterocycles. The number of halogens is 1. The van der Waals surface area contributed by atoms with Gasteiger partial charge in [0.1, 0.15) is 5.82 Å². The third-order valence-electron chi connectivity index (χ3n) is 1.79. The van der Waals surface area contributed by atoms with Gasteiger partial charge in [0.15, 0.2) is 5.76 Å². The second-order valence-electron chi connectivity index (χ2n) is 2.70. The zero-order valence-electron chi connectivity index (χ0n) is 7.53. The molecule has 4 heteroatoms. The van der Waals surface area contributed by atoms with Crippen LogP contribution in [0, 0.1) is 5.82 Å². The van der Waals surface area contributed by atoms with Crippen molar-refractivity contribution < 1.29 is 13.5 Å². The van der Waals surface area contributed by atoms with Gasteiger partial charge in [0.2, 0.25) is 0 Å². The third-order valence-corrected chi connectivity index (χ3v) is 1.79. The molecule has 0 unspecified atom stereocenters. The quantitative estimate of drug-likeness (QED) is 0.734. The first-order chi connectivity index (χ1) is 6.79. The first-order valence-electron chi connectivity index (χ1n) is 4.05. The fraction of sp³-hybridized carbons (Fsp3) is 0.100. The molecule has 0 aliphatic heterocycles. The highest BCUT2D eigenvalue weighted by Gasteiger charge is 2.05. The van der Waals surface area contributed by atoms with E-state index in [-0.39, 0.29) is 11.9 Å². The lowest BCUT2D eigenvalue weighted by atomic mass is 10.2. The largest absolute Gasteiger partial charge is 0.454 e. The average Bonchev–Trinajstić information content (AvgIpc) is 2.67. The van der Waals surface area contributed by atoms with E-state index in [4.69, 9.17) is 9.15 Å². The molecule has 0 amide bonds. The van der Waals surface area contributed by atoms with Crippen LogP contribution in [0.4, 0.5) is 4.39 Å². The van der Waals surface area contributed by atoms with E-state index in [1.807, 2.05) is 0 Å². The molecule has 0 spiro atoms. The first-order valence-corrected chi connectivity index (χ1v) is 4.05. The minimum Gasteiger partial charge on any atom is -0.454 e. The summed E-state index contributed by atoms with van der Waals surface area (Å²) in [5.41, 5.74) is 0.766. The van der Waals surface area contributed by atoms with Crippen LogP contribution < -0.4 is 4.74 Å². The summed E-state index contributed by atoms with van der Waals surface area (Å²) < 4.78 is 22.6. The van der Waals surface area contributed by atoms with E-state index in [9.17, 15) is 4.39 Å². The van der Waals surface area contributed by atoms with E-state index < -0.39 is 0 Å². The number of aromatic nitrogens is 1. The molecule has 0 bridgehead atoms. The van der Waals surface area contributed by atoms with Gasteiger partial charge >= 0.3 is 6.08 Å². The zero-order valence-corrected chi connectivity index (χ0v) is 7.53. The summed E-state index contributed by atoms with van der Waals surface area (Å²) in [6.07, 6.45) is 1.73. The van der Waals surface area contributed by atoms with Crippen LogP contribution >= 0.6 is 0 Å². The summed E-state index contributed by atoms with van der Waals surface area (Å²) in [5, 5.41) is 0. The Bertz CT molecular complexity index is 422. The molecule has 0 saturated carbocycles. The topological polar surface area (TPSA) is 35.3 Å². The van der Waals surface area contributed by atoms with Crippen LogP contribution in [-0.4, -0.2) is 12.1 Å². The fourth-order valence-electron chi connectivity index (χ4n) is 1.10. The van der Waals surface area contributed by atoms with Crippen molar-refractivity contribution in [3.05, 3.63) is 36.3 Å². The molecule has 0 aliphatic rings. The minimum atomic E-state index is -0.278. The van der Waals surface area contributed by atoms with Crippen molar-refractivity contribution in [1.82, 2.24) is 4.98 Å². The van der Waals surface area contributed by atoms with Crippen LogP contribution in [0.3, 0.4) is 0 Å². The standard InChI is InChI=1S/C10H8FNO2/c1-13-10-12-6-9(14-10)7-2-4-8(11)5-3-7/h2-6H,1H3. The summed E-state index contributed by atoms with van der Waals surface area (Å²) in [7, 11) is 1.47. The second kappa shape index (κ2) is 3.49. The van der Waals surface area contributed by atoms with Gasteiger partial charge in [-0.1, -0.05) is 0 Å². The molecule has 2 rings (SSSR count). The fourth-order valence-corrected chi connectivity index (χ4v) is 1.10. The van der Waals surface area contributed by atoms with Crippen molar-refractivity contribution in [1.29, 1.82) is 0 Å². The molecule has 0 aliphatic carbocycles. The van der Waals surface area contributed by atoms with E-state index >= 15 is 0 Å². The van der Waals surface area contributed by atoms with Gasteiger partial charge in [-0.2, -0.15) is 4.98 Å². The highest BCUT2D eigenvalue weighted by Crippen LogP contribution is 2.23. The molecule has 0 atom stereocenters. The monoisotopic (exact) mass is 193 g/mol. The van der Waals surface area contributed by atoms with Crippen molar-refractivity contribution in [2.75, 3.05) is 7.11 Å². The number of oxazole rings is 1. The maximum Gasteiger partial charge on any atom is 0.393 e. The Balaban J connectivity index is 2.34. The number of rotatable bonds is 2. The van der Waals surface area contributed by atoms with E-state index in [1.54, 1.807) is 12.1 Å². The molecule has 0 fully saturated rings. The molecule has 3 nitrogen and oxygen atoms in total. The van der Waals surface area contributed by atoms with Gasteiger partial charge in [0, 0.05) is 5.56 Å². The van der Waals surface area contributed by atoms with Crippen LogP contribution in [0.1, 0.15) is 0 Å². The number of benzene rings is 1. The van der Waals surface area contributed by atoms with Crippen LogP contribution in [-0.2, 0) is 0 Å². The van der Waals surface area contributed by atoms with Crippen LogP contribution in [0.15, 0.2) is 34.9 Å². The van der Waals surface area contributed by atoms with Crippen molar-refractivity contribution >= 4 is 0 Å². The van der Waals surface area contributed by atoms with E-state index in [0.29, 0.717) is 5.76 Å². The summed E-state index contributed by atoms with van der Waals surface area (Å²) in [6, 6.07) is 5.97. The number of methoxy groups -OCH3 is 1. The molecule has 0 saturated heterocycles. The minimum absolute atomic E-state index is 0.198. The Morgan fingerprint density at radius 2 is 2.00 bits per heavy atom. The average molecular weight is 193 g/mol. The number of hydrogen-bond donors (Lipinski definition) is 0. The van der Waals surface area contributed by atoms with Gasteiger partial charge in [0.25, 0.3) is 0 Å². The number of hydrogen-bond acceptors (Lipinski definition) is 3. The lowest BCUT2D eigenvalue weighted by Crippen LogP contribution is -1.79. The first kappa shape index (κ1) is 8.74. The predicted molar refractivity (Wildman–Crippen MR) is 48.4 cm³/mol. The molecule has 72 valence electrons. The normalized spacial score (nSPS) is 10.1. The molecule has 1 aromatic carbocycles. The van der Waals surface area contributed by atoms with Gasteiger partial charge in [-0.3, -0.25) is 0 Å². The van der Waals surface area contributed by atoms with E-state index in [2.05, 4.69) is 4.98 Å². The van der Waals surface area contributed by atoms with Crippen LogP contribution in [0.2, 0.25) is 0 Å². The molecular weight excluding hydrogens is 185 g/mol. The SMILES string of the molecule is COc1ncc(-c2ccc(F)cc2)o1. The summed E-state index contributed by atoms with van der Waals surface area (Å²) in [4.78, 5) is 3.85. The van der Waals surface area contributed by atoms with Crippen molar-refractivity contribution in [3.63, 3.8) is 0 Å². The summed E-state index contributed by atoms with van der Waals surface area (Å²) in [5.74, 6) is 0.280. The molecule has 0 radical (unpaired) electrons. The third kappa shape index (κ3) is 1.59. The van der Waals surface area contributed by atoms with Gasteiger partial charge in [-0.05, 0) is 24.3 Å². The van der Waals surface area contributed by atoms with Gasteiger partial charge in [-0.15, -0.1) is 0 Å². The Labute approximate surface area is 80.1 Å². The molecule has 14 heavy (non-hydrogen) atoms. The van der Waals surface area contributed by atoms with Gasteiger partial charge in [-0.25, -0.2) is 4.39 Å². The maximum atomic E-state index is 12.6. The lowest BCUT2D eigenvalue weighted by molar-refractivity contribution is 0.293. The molecular formula is C10H8FNO2. The molecule has 2 aromatic rings. The predicted octanol–water partition coefficient (Wildman–Crippen LogP) is 2.49. The Kier molecular flexibility index (Phi) is 2.18. The highest BCUT2D eigenvalue weighted by molar-refractivity contribution is 5.56. The van der Waals surface area contributed by atoms with Gasteiger partial charge < -0.3 is 9.15 Å².